The topological polar surface area (TPSA) is 38.7 Å². The Labute approximate surface area is 94.5 Å². The molecule has 0 amide bonds. The van der Waals surface area contributed by atoms with Crippen molar-refractivity contribution in [2.75, 3.05) is 0 Å². The Hall–Kier alpha value is -1.90. The fourth-order valence-corrected chi connectivity index (χ4v) is 1.72. The number of aryl methyl sites for hydroxylation is 2. The first-order valence-corrected chi connectivity index (χ1v) is 5.16. The highest BCUT2D eigenvalue weighted by molar-refractivity contribution is 6.11. The Kier molecular flexibility index (Phi) is 2.60. The van der Waals surface area contributed by atoms with Gasteiger partial charge in [0.15, 0.2) is 0 Å². The fraction of sp³-hybridized carbons (Fsp3) is 0.231. The van der Waals surface area contributed by atoms with Crippen molar-refractivity contribution in [2.45, 2.75) is 20.8 Å². The minimum Gasteiger partial charge on any atom is -0.402 e. The van der Waals surface area contributed by atoms with Crippen molar-refractivity contribution in [3.8, 4) is 0 Å². The number of rotatable bonds is 1. The molecule has 0 saturated heterocycles. The summed E-state index contributed by atoms with van der Waals surface area (Å²) < 4.78 is 5.10. The van der Waals surface area contributed by atoms with Gasteiger partial charge in [0.2, 0.25) is 5.90 Å². The molecule has 3 heteroatoms. The summed E-state index contributed by atoms with van der Waals surface area (Å²) >= 11 is 0. The molecule has 0 bridgehead atoms. The van der Waals surface area contributed by atoms with Crippen LogP contribution in [0.4, 0.5) is 0 Å². The molecule has 0 unspecified atom stereocenters. The maximum absolute atomic E-state index is 11.4. The summed E-state index contributed by atoms with van der Waals surface area (Å²) in [6, 6.07) is 5.98. The maximum Gasteiger partial charge on any atom is 0.363 e. The molecule has 0 fully saturated rings. The molecule has 0 aromatic heterocycles. The van der Waals surface area contributed by atoms with Gasteiger partial charge in [0.25, 0.3) is 0 Å². The van der Waals surface area contributed by atoms with Gasteiger partial charge >= 0.3 is 5.97 Å². The molecule has 1 aliphatic rings. The molecular formula is C13H13NO2. The highest BCUT2D eigenvalue weighted by Gasteiger charge is 2.23. The molecule has 0 N–H and O–H groups in total. The van der Waals surface area contributed by atoms with E-state index in [1.165, 1.54) is 0 Å². The van der Waals surface area contributed by atoms with Gasteiger partial charge < -0.3 is 4.74 Å². The second kappa shape index (κ2) is 3.93. The van der Waals surface area contributed by atoms with E-state index < -0.39 is 0 Å². The van der Waals surface area contributed by atoms with Crippen LogP contribution < -0.4 is 0 Å². The smallest absolute Gasteiger partial charge is 0.363 e. The van der Waals surface area contributed by atoms with Crippen LogP contribution in [0, 0.1) is 13.8 Å². The number of esters is 1. The second-order valence-electron chi connectivity index (χ2n) is 3.86. The number of cyclic esters (lactones) is 1. The molecule has 0 radical (unpaired) electrons. The van der Waals surface area contributed by atoms with Crippen LogP contribution in [-0.2, 0) is 9.53 Å². The third kappa shape index (κ3) is 1.89. The minimum absolute atomic E-state index is 0.370. The van der Waals surface area contributed by atoms with E-state index >= 15 is 0 Å². The Morgan fingerprint density at radius 1 is 1.19 bits per heavy atom. The Morgan fingerprint density at radius 2 is 1.81 bits per heavy atom. The predicted octanol–water partition coefficient (Wildman–Crippen LogP) is 2.51. The van der Waals surface area contributed by atoms with Crippen LogP contribution in [0.5, 0.6) is 0 Å². The van der Waals surface area contributed by atoms with Crippen molar-refractivity contribution < 1.29 is 9.53 Å². The van der Waals surface area contributed by atoms with Gasteiger partial charge in [0, 0.05) is 5.56 Å². The van der Waals surface area contributed by atoms with Crippen LogP contribution in [0.25, 0.3) is 0 Å². The fourth-order valence-electron chi connectivity index (χ4n) is 1.72. The van der Waals surface area contributed by atoms with Gasteiger partial charge in [0.1, 0.15) is 5.70 Å². The van der Waals surface area contributed by atoms with Crippen LogP contribution in [0.1, 0.15) is 23.6 Å². The third-order valence-electron chi connectivity index (χ3n) is 2.36. The first kappa shape index (κ1) is 10.6. The van der Waals surface area contributed by atoms with Crippen molar-refractivity contribution in [3.63, 3.8) is 0 Å². The number of allylic oxidation sites excluding steroid dienone is 1. The maximum atomic E-state index is 11.4. The molecule has 0 spiro atoms. The number of benzene rings is 1. The first-order chi connectivity index (χ1) is 7.60. The van der Waals surface area contributed by atoms with Crippen molar-refractivity contribution in [3.05, 3.63) is 46.7 Å². The largest absolute Gasteiger partial charge is 0.402 e. The van der Waals surface area contributed by atoms with Gasteiger partial charge in [-0.05, 0) is 32.9 Å². The number of aliphatic imine (C=N–C) groups is 1. The zero-order valence-electron chi connectivity index (χ0n) is 9.57. The van der Waals surface area contributed by atoms with E-state index in [2.05, 4.69) is 11.1 Å². The Bertz CT molecular complexity index is 492. The van der Waals surface area contributed by atoms with Crippen molar-refractivity contribution in [1.82, 2.24) is 0 Å². The van der Waals surface area contributed by atoms with E-state index in [1.807, 2.05) is 26.0 Å². The molecule has 1 aromatic carbocycles. The second-order valence-corrected chi connectivity index (χ2v) is 3.86. The van der Waals surface area contributed by atoms with Crippen LogP contribution in [-0.4, -0.2) is 11.9 Å². The van der Waals surface area contributed by atoms with Gasteiger partial charge in [0.05, 0.1) is 0 Å². The molecule has 1 heterocycles. The lowest BCUT2D eigenvalue weighted by Gasteiger charge is -2.03. The van der Waals surface area contributed by atoms with Crippen LogP contribution in [0.15, 0.2) is 35.0 Å². The van der Waals surface area contributed by atoms with Gasteiger partial charge in [-0.1, -0.05) is 23.3 Å². The highest BCUT2D eigenvalue weighted by atomic mass is 16.6. The summed E-state index contributed by atoms with van der Waals surface area (Å²) in [5.41, 5.74) is 3.47. The lowest BCUT2D eigenvalue weighted by molar-refractivity contribution is -0.130. The molecule has 1 aliphatic heterocycles. The van der Waals surface area contributed by atoms with Crippen molar-refractivity contribution in [2.24, 2.45) is 4.99 Å². The number of hydrogen-bond acceptors (Lipinski definition) is 3. The van der Waals surface area contributed by atoms with Gasteiger partial charge in [-0.25, -0.2) is 9.79 Å². The summed E-state index contributed by atoms with van der Waals surface area (Å²) in [6.45, 7) is 5.78. The summed E-state index contributed by atoms with van der Waals surface area (Å²) in [5.74, 6) is 0.0153. The molecule has 0 saturated carbocycles. The third-order valence-corrected chi connectivity index (χ3v) is 2.36. The zero-order chi connectivity index (χ0) is 11.7. The number of ether oxygens (including phenoxy) is 1. The molecule has 0 aliphatic carbocycles. The molecule has 1 aromatic rings. The average molecular weight is 215 g/mol. The number of nitrogens with zero attached hydrogens (tertiary/aromatic N) is 1. The van der Waals surface area contributed by atoms with E-state index in [1.54, 1.807) is 13.0 Å². The first-order valence-electron chi connectivity index (χ1n) is 5.16. The van der Waals surface area contributed by atoms with Gasteiger partial charge in [-0.3, -0.25) is 0 Å². The summed E-state index contributed by atoms with van der Waals surface area (Å²) in [7, 11) is 0. The van der Waals surface area contributed by atoms with E-state index in [-0.39, 0.29) is 5.97 Å². The lowest BCUT2D eigenvalue weighted by atomic mass is 10.1. The number of carbonyl (C=O) groups is 1. The number of hydrogen-bond donors (Lipinski definition) is 0. The lowest BCUT2D eigenvalue weighted by Crippen LogP contribution is -2.05. The average Bonchev–Trinajstić information content (AvgIpc) is 2.58. The summed E-state index contributed by atoms with van der Waals surface area (Å²) in [5, 5.41) is 0. The Balaban J connectivity index is 2.43. The number of carbonyl (C=O) groups excluding carboxylic acids is 1. The normalized spacial score (nSPS) is 17.6. The molecule has 82 valence electrons. The van der Waals surface area contributed by atoms with E-state index in [9.17, 15) is 4.79 Å². The predicted molar refractivity (Wildman–Crippen MR) is 62.3 cm³/mol. The van der Waals surface area contributed by atoms with Gasteiger partial charge in [-0.15, -0.1) is 0 Å². The van der Waals surface area contributed by atoms with E-state index in [4.69, 9.17) is 4.74 Å². The van der Waals surface area contributed by atoms with Crippen LogP contribution in [0.2, 0.25) is 0 Å². The van der Waals surface area contributed by atoms with E-state index in [0.29, 0.717) is 11.6 Å². The molecule has 0 atom stereocenters. The quantitative estimate of drug-likeness (QED) is 0.533. The van der Waals surface area contributed by atoms with Crippen molar-refractivity contribution in [1.29, 1.82) is 0 Å². The Morgan fingerprint density at radius 3 is 2.31 bits per heavy atom. The molecule has 2 rings (SSSR count). The highest BCUT2D eigenvalue weighted by Crippen LogP contribution is 2.18. The van der Waals surface area contributed by atoms with Crippen molar-refractivity contribution >= 4 is 11.9 Å². The standard InChI is InChI=1S/C13H13NO2/c1-4-11-13(15)16-12(14-11)10-6-8(2)5-9(3)7-10/h4-7H,1-3H3/b11-4+. The molecule has 16 heavy (non-hydrogen) atoms. The zero-order valence-corrected chi connectivity index (χ0v) is 9.57. The molecular weight excluding hydrogens is 202 g/mol. The van der Waals surface area contributed by atoms with Gasteiger partial charge in [-0.2, -0.15) is 0 Å². The SMILES string of the molecule is C/C=C1/N=C(c2cc(C)cc(C)c2)OC1=O. The van der Waals surface area contributed by atoms with Crippen LogP contribution >= 0.6 is 0 Å². The van der Waals surface area contributed by atoms with Crippen LogP contribution in [0.3, 0.4) is 0 Å². The monoisotopic (exact) mass is 215 g/mol. The van der Waals surface area contributed by atoms with E-state index in [0.717, 1.165) is 16.7 Å². The molecule has 3 nitrogen and oxygen atoms in total. The summed E-state index contributed by atoms with van der Waals surface area (Å²) in [6.07, 6.45) is 1.65. The summed E-state index contributed by atoms with van der Waals surface area (Å²) in [4.78, 5) is 15.5. The minimum atomic E-state index is -0.378.